The van der Waals surface area contributed by atoms with Gasteiger partial charge in [-0.1, -0.05) is 51.1 Å². The van der Waals surface area contributed by atoms with E-state index >= 15 is 0 Å². The number of benzene rings is 1. The van der Waals surface area contributed by atoms with E-state index in [1.54, 1.807) is 0 Å². The Hall–Kier alpha value is -2.04. The summed E-state index contributed by atoms with van der Waals surface area (Å²) < 4.78 is 0. The van der Waals surface area contributed by atoms with Crippen molar-refractivity contribution in [2.45, 2.75) is 45.7 Å². The molecule has 0 aromatic heterocycles. The van der Waals surface area contributed by atoms with Gasteiger partial charge in [-0.25, -0.2) is 9.59 Å². The third-order valence-corrected chi connectivity index (χ3v) is 3.45. The molecule has 2 atom stereocenters. The van der Waals surface area contributed by atoms with E-state index in [0.717, 1.165) is 12.0 Å². The molecule has 0 aliphatic rings. The van der Waals surface area contributed by atoms with Gasteiger partial charge in [0.25, 0.3) is 0 Å². The molecule has 0 radical (unpaired) electrons. The van der Waals surface area contributed by atoms with Crippen LogP contribution < -0.4 is 10.6 Å². The summed E-state index contributed by atoms with van der Waals surface area (Å²) >= 11 is 0. The number of aliphatic carboxylic acids is 1. The van der Waals surface area contributed by atoms with Crippen LogP contribution in [0.4, 0.5) is 4.79 Å². The second kappa shape index (κ2) is 8.29. The number of hydrogen-bond acceptors (Lipinski definition) is 2. The molecule has 0 saturated carbocycles. The highest BCUT2D eigenvalue weighted by Crippen LogP contribution is 2.06. The van der Waals surface area contributed by atoms with Crippen molar-refractivity contribution in [2.24, 2.45) is 5.92 Å². The molecule has 1 rings (SSSR count). The number of carbonyl (C=O) groups is 2. The molecule has 1 aromatic rings. The lowest BCUT2D eigenvalue weighted by atomic mass is 10.0. The van der Waals surface area contributed by atoms with Crippen LogP contribution in [0.2, 0.25) is 0 Å². The van der Waals surface area contributed by atoms with Gasteiger partial charge in [-0.2, -0.15) is 0 Å². The van der Waals surface area contributed by atoms with Crippen LogP contribution in [0, 0.1) is 5.92 Å². The summed E-state index contributed by atoms with van der Waals surface area (Å²) in [6, 6.07) is 7.93. The smallest absolute Gasteiger partial charge is 0.326 e. The van der Waals surface area contributed by atoms with E-state index in [-0.39, 0.29) is 12.5 Å². The number of amides is 2. The molecule has 1 aromatic carbocycles. The molecule has 3 N–H and O–H groups in total. The van der Waals surface area contributed by atoms with Gasteiger partial charge in [0, 0.05) is 12.5 Å². The van der Waals surface area contributed by atoms with Crippen LogP contribution in [0.25, 0.3) is 0 Å². The van der Waals surface area contributed by atoms with Crippen molar-refractivity contribution in [3.63, 3.8) is 0 Å². The highest BCUT2D eigenvalue weighted by atomic mass is 16.4. The molecule has 0 spiro atoms. The minimum Gasteiger partial charge on any atom is -0.480 e. The molecule has 0 fully saturated rings. The summed E-state index contributed by atoms with van der Waals surface area (Å²) in [4.78, 5) is 23.2. The fourth-order valence-corrected chi connectivity index (χ4v) is 2.16. The Bertz CT molecular complexity index is 460. The lowest BCUT2D eigenvalue weighted by Crippen LogP contribution is -2.50. The minimum absolute atomic E-state index is 0.0381. The van der Waals surface area contributed by atoms with Gasteiger partial charge in [0.05, 0.1) is 0 Å². The first kappa shape index (κ1) is 17.0. The van der Waals surface area contributed by atoms with Crippen LogP contribution in [-0.4, -0.2) is 29.2 Å². The molecule has 0 bridgehead atoms. The molecule has 5 nitrogen and oxygen atoms in total. The highest BCUT2D eigenvalue weighted by Gasteiger charge is 2.22. The van der Waals surface area contributed by atoms with E-state index < -0.39 is 18.0 Å². The highest BCUT2D eigenvalue weighted by molar-refractivity contribution is 5.82. The van der Waals surface area contributed by atoms with Gasteiger partial charge in [0.2, 0.25) is 0 Å². The number of urea groups is 1. The minimum atomic E-state index is -1.04. The number of carboxylic acid groups (broad SMARTS) is 1. The predicted octanol–water partition coefficient (Wildman–Crippen LogP) is 2.42. The largest absolute Gasteiger partial charge is 0.480 e. The number of rotatable bonds is 7. The van der Waals surface area contributed by atoms with Crippen molar-refractivity contribution < 1.29 is 14.7 Å². The van der Waals surface area contributed by atoms with Gasteiger partial charge in [-0.3, -0.25) is 0 Å². The van der Waals surface area contributed by atoms with E-state index in [2.05, 4.69) is 10.6 Å². The van der Waals surface area contributed by atoms with Crippen LogP contribution in [0.1, 0.15) is 32.8 Å². The summed E-state index contributed by atoms with van der Waals surface area (Å²) in [5.41, 5.74) is 0.876. The molecule has 0 aliphatic heterocycles. The van der Waals surface area contributed by atoms with Crippen molar-refractivity contribution in [1.82, 2.24) is 10.6 Å². The molecule has 0 aliphatic carbocycles. The zero-order valence-electron chi connectivity index (χ0n) is 12.8. The van der Waals surface area contributed by atoms with Gasteiger partial charge >= 0.3 is 12.0 Å². The SMILES string of the molecule is CCC(NC(=O)N[C@H](Cc1ccccc1)C(=O)O)C(C)C. The van der Waals surface area contributed by atoms with E-state index in [4.69, 9.17) is 0 Å². The number of carboxylic acids is 1. The monoisotopic (exact) mass is 292 g/mol. The van der Waals surface area contributed by atoms with Crippen LogP contribution in [-0.2, 0) is 11.2 Å². The van der Waals surface area contributed by atoms with Crippen molar-refractivity contribution in [3.8, 4) is 0 Å². The van der Waals surface area contributed by atoms with Crippen molar-refractivity contribution >= 4 is 12.0 Å². The molecule has 5 heteroatoms. The van der Waals surface area contributed by atoms with Gasteiger partial charge in [0.15, 0.2) is 0 Å². The summed E-state index contributed by atoms with van der Waals surface area (Å²) in [7, 11) is 0. The lowest BCUT2D eigenvalue weighted by Gasteiger charge is -2.22. The summed E-state index contributed by atoms with van der Waals surface area (Å²) in [6.07, 6.45) is 1.07. The number of hydrogen-bond donors (Lipinski definition) is 3. The summed E-state index contributed by atoms with van der Waals surface area (Å²) in [6.45, 7) is 6.03. The topological polar surface area (TPSA) is 78.4 Å². The first-order chi connectivity index (χ1) is 9.93. The van der Waals surface area contributed by atoms with Gasteiger partial charge in [0.1, 0.15) is 6.04 Å². The third-order valence-electron chi connectivity index (χ3n) is 3.45. The van der Waals surface area contributed by atoms with Gasteiger partial charge < -0.3 is 15.7 Å². The first-order valence-electron chi connectivity index (χ1n) is 7.27. The van der Waals surface area contributed by atoms with Crippen molar-refractivity contribution in [2.75, 3.05) is 0 Å². The maximum atomic E-state index is 11.9. The molecule has 116 valence electrons. The van der Waals surface area contributed by atoms with E-state index in [0.29, 0.717) is 5.92 Å². The Labute approximate surface area is 125 Å². The quantitative estimate of drug-likeness (QED) is 0.722. The Morgan fingerprint density at radius 2 is 1.76 bits per heavy atom. The van der Waals surface area contributed by atoms with Crippen LogP contribution in [0.3, 0.4) is 0 Å². The normalized spacial score (nSPS) is 13.5. The summed E-state index contributed by atoms with van der Waals surface area (Å²) in [5.74, 6) is -0.732. The van der Waals surface area contributed by atoms with E-state index in [1.807, 2.05) is 51.1 Å². The van der Waals surface area contributed by atoms with Crippen LogP contribution in [0.5, 0.6) is 0 Å². The lowest BCUT2D eigenvalue weighted by molar-refractivity contribution is -0.139. The summed E-state index contributed by atoms with van der Waals surface area (Å²) in [5, 5.41) is 14.6. The molecule has 2 amide bonds. The Morgan fingerprint density at radius 1 is 1.14 bits per heavy atom. The average Bonchev–Trinajstić information content (AvgIpc) is 2.44. The Balaban J connectivity index is 2.62. The molecule has 0 heterocycles. The maximum absolute atomic E-state index is 11.9. The molecule has 21 heavy (non-hydrogen) atoms. The fourth-order valence-electron chi connectivity index (χ4n) is 2.16. The number of nitrogens with one attached hydrogen (secondary N) is 2. The van der Waals surface area contributed by atoms with Crippen molar-refractivity contribution in [1.29, 1.82) is 0 Å². The van der Waals surface area contributed by atoms with Crippen LogP contribution in [0.15, 0.2) is 30.3 Å². The van der Waals surface area contributed by atoms with Crippen LogP contribution >= 0.6 is 0 Å². The standard InChI is InChI=1S/C16H24N2O3/c1-4-13(11(2)3)17-16(21)18-14(15(19)20)10-12-8-6-5-7-9-12/h5-9,11,13-14H,4,10H2,1-3H3,(H,19,20)(H2,17,18,21)/t13?,14-/m1/s1. The first-order valence-corrected chi connectivity index (χ1v) is 7.27. The molecule has 1 unspecified atom stereocenters. The molecular formula is C16H24N2O3. The fraction of sp³-hybridized carbons (Fsp3) is 0.500. The zero-order valence-corrected chi connectivity index (χ0v) is 12.8. The average molecular weight is 292 g/mol. The Kier molecular flexibility index (Phi) is 6.72. The van der Waals surface area contributed by atoms with E-state index in [1.165, 1.54) is 0 Å². The zero-order chi connectivity index (χ0) is 15.8. The molecule has 0 saturated heterocycles. The maximum Gasteiger partial charge on any atom is 0.326 e. The van der Waals surface area contributed by atoms with E-state index in [9.17, 15) is 14.7 Å². The second-order valence-electron chi connectivity index (χ2n) is 5.46. The predicted molar refractivity (Wildman–Crippen MR) is 82.2 cm³/mol. The van der Waals surface area contributed by atoms with Crippen molar-refractivity contribution in [3.05, 3.63) is 35.9 Å². The van der Waals surface area contributed by atoms with Gasteiger partial charge in [-0.05, 0) is 17.9 Å². The Morgan fingerprint density at radius 3 is 2.24 bits per heavy atom. The number of carbonyl (C=O) groups excluding carboxylic acids is 1. The van der Waals surface area contributed by atoms with Gasteiger partial charge in [-0.15, -0.1) is 0 Å². The molecular weight excluding hydrogens is 268 g/mol. The third kappa shape index (κ3) is 5.85. The second-order valence-corrected chi connectivity index (χ2v) is 5.46.